The van der Waals surface area contributed by atoms with Crippen molar-refractivity contribution in [2.45, 2.75) is 0 Å². The molecule has 0 aromatic heterocycles. The highest BCUT2D eigenvalue weighted by Crippen LogP contribution is 2.28. The summed E-state index contributed by atoms with van der Waals surface area (Å²) in [6, 6.07) is 29.4. The number of rotatable bonds is 2. The van der Waals surface area contributed by atoms with Crippen molar-refractivity contribution >= 4 is 0 Å². The molecule has 1 radical (unpaired) electrons. The molecule has 0 aliphatic carbocycles. The van der Waals surface area contributed by atoms with Crippen LogP contribution in [-0.4, -0.2) is 0 Å². The average molecular weight is 254 g/mol. The Kier molecular flexibility index (Phi) is 3.31. The lowest BCUT2D eigenvalue weighted by molar-refractivity contribution is 1.47. The first-order valence-electron chi connectivity index (χ1n) is 6.46. The number of nitrogens with zero attached hydrogens (tertiary/aromatic N) is 1. The molecule has 3 rings (SSSR count). The van der Waals surface area contributed by atoms with Gasteiger partial charge in [-0.15, -0.1) is 0 Å². The van der Waals surface area contributed by atoms with E-state index in [2.05, 4.69) is 12.1 Å². The number of nitriles is 1. The topological polar surface area (TPSA) is 23.8 Å². The van der Waals surface area contributed by atoms with Crippen LogP contribution in [0.2, 0.25) is 0 Å². The number of hydrogen-bond donors (Lipinski definition) is 0. The van der Waals surface area contributed by atoms with Crippen molar-refractivity contribution in [3.05, 3.63) is 84.4 Å². The predicted molar refractivity (Wildman–Crippen MR) is 80.9 cm³/mol. The van der Waals surface area contributed by atoms with E-state index in [1.807, 2.05) is 72.8 Å². The van der Waals surface area contributed by atoms with Gasteiger partial charge in [0.1, 0.15) is 0 Å². The van der Waals surface area contributed by atoms with Crippen molar-refractivity contribution in [1.82, 2.24) is 0 Å². The Balaban J connectivity index is 2.16. The lowest BCUT2D eigenvalue weighted by atomic mass is 9.95. The molecule has 0 fully saturated rings. The van der Waals surface area contributed by atoms with Gasteiger partial charge in [0.15, 0.2) is 0 Å². The van der Waals surface area contributed by atoms with Gasteiger partial charge in [-0.25, -0.2) is 0 Å². The SMILES string of the molecule is N#Cc1ccc(-c2ccccc2)[c]c1-c1ccccc1. The first-order chi connectivity index (χ1) is 9.88. The maximum Gasteiger partial charge on any atom is 0.0998 e. The highest BCUT2D eigenvalue weighted by molar-refractivity contribution is 5.76. The van der Waals surface area contributed by atoms with Crippen molar-refractivity contribution in [2.24, 2.45) is 0 Å². The van der Waals surface area contributed by atoms with Gasteiger partial charge in [-0.3, -0.25) is 0 Å². The van der Waals surface area contributed by atoms with E-state index < -0.39 is 0 Å². The Labute approximate surface area is 118 Å². The van der Waals surface area contributed by atoms with Crippen LogP contribution in [0.4, 0.5) is 0 Å². The third-order valence-corrected chi connectivity index (χ3v) is 3.21. The Hall–Kier alpha value is -2.85. The van der Waals surface area contributed by atoms with E-state index >= 15 is 0 Å². The minimum absolute atomic E-state index is 0.649. The van der Waals surface area contributed by atoms with Gasteiger partial charge in [-0.2, -0.15) is 5.26 Å². The van der Waals surface area contributed by atoms with Crippen molar-refractivity contribution in [1.29, 1.82) is 5.26 Å². The fraction of sp³-hybridized carbons (Fsp3) is 0. The molecule has 0 atom stereocenters. The molecule has 0 amide bonds. The Morgan fingerprint density at radius 2 is 1.30 bits per heavy atom. The average Bonchev–Trinajstić information content (AvgIpc) is 2.56. The predicted octanol–water partition coefficient (Wildman–Crippen LogP) is 4.69. The van der Waals surface area contributed by atoms with Gasteiger partial charge in [-0.05, 0) is 28.8 Å². The van der Waals surface area contributed by atoms with Crippen LogP contribution in [-0.2, 0) is 0 Å². The summed E-state index contributed by atoms with van der Waals surface area (Å²) in [5, 5.41) is 9.27. The van der Waals surface area contributed by atoms with E-state index in [9.17, 15) is 5.26 Å². The molecule has 0 spiro atoms. The molecular weight excluding hydrogens is 242 g/mol. The van der Waals surface area contributed by atoms with E-state index in [1.165, 1.54) is 0 Å². The van der Waals surface area contributed by atoms with E-state index in [0.717, 1.165) is 22.3 Å². The van der Waals surface area contributed by atoms with Crippen LogP contribution in [0.1, 0.15) is 5.56 Å². The third-order valence-electron chi connectivity index (χ3n) is 3.21. The summed E-state index contributed by atoms with van der Waals surface area (Å²) in [5.74, 6) is 0. The molecule has 0 saturated carbocycles. The van der Waals surface area contributed by atoms with Crippen molar-refractivity contribution in [3.63, 3.8) is 0 Å². The zero-order valence-corrected chi connectivity index (χ0v) is 10.9. The molecule has 0 saturated heterocycles. The molecular formula is C19H12N. The summed E-state index contributed by atoms with van der Waals surface area (Å²) in [4.78, 5) is 0. The maximum atomic E-state index is 9.27. The summed E-state index contributed by atoms with van der Waals surface area (Å²) >= 11 is 0. The Morgan fingerprint density at radius 3 is 1.90 bits per heavy atom. The van der Waals surface area contributed by atoms with Crippen molar-refractivity contribution in [2.75, 3.05) is 0 Å². The van der Waals surface area contributed by atoms with Crippen LogP contribution in [0.15, 0.2) is 72.8 Å². The molecule has 1 nitrogen and oxygen atoms in total. The van der Waals surface area contributed by atoms with Crippen LogP contribution < -0.4 is 0 Å². The normalized spacial score (nSPS) is 9.95. The molecule has 3 aromatic carbocycles. The molecule has 0 unspecified atom stereocenters. The molecule has 0 N–H and O–H groups in total. The quantitative estimate of drug-likeness (QED) is 0.650. The molecule has 0 aliphatic heterocycles. The second-order valence-electron chi connectivity index (χ2n) is 4.50. The van der Waals surface area contributed by atoms with Gasteiger partial charge in [0.05, 0.1) is 11.6 Å². The lowest BCUT2D eigenvalue weighted by Crippen LogP contribution is -1.87. The van der Waals surface area contributed by atoms with E-state index in [1.54, 1.807) is 0 Å². The molecule has 0 heterocycles. The van der Waals surface area contributed by atoms with Gasteiger partial charge in [-0.1, -0.05) is 66.7 Å². The summed E-state index contributed by atoms with van der Waals surface area (Å²) < 4.78 is 0. The molecule has 0 aliphatic rings. The Morgan fingerprint density at radius 1 is 0.700 bits per heavy atom. The highest BCUT2D eigenvalue weighted by atomic mass is 14.2. The smallest absolute Gasteiger partial charge is 0.0998 e. The van der Waals surface area contributed by atoms with Crippen LogP contribution >= 0.6 is 0 Å². The molecule has 3 aromatic rings. The highest BCUT2D eigenvalue weighted by Gasteiger charge is 2.07. The maximum absolute atomic E-state index is 9.27. The first kappa shape index (κ1) is 12.2. The fourth-order valence-corrected chi connectivity index (χ4v) is 2.21. The number of benzene rings is 3. The van der Waals surface area contributed by atoms with Crippen LogP contribution in [0.5, 0.6) is 0 Å². The van der Waals surface area contributed by atoms with E-state index in [-0.39, 0.29) is 0 Å². The zero-order chi connectivity index (χ0) is 13.8. The summed E-state index contributed by atoms with van der Waals surface area (Å²) in [5.41, 5.74) is 4.63. The zero-order valence-electron chi connectivity index (χ0n) is 10.9. The molecule has 20 heavy (non-hydrogen) atoms. The molecule has 93 valence electrons. The standard InChI is InChI=1S/C19H12N/c20-14-18-12-11-17(15-7-3-1-4-8-15)13-19(18)16-9-5-2-6-10-16/h1-12H. The van der Waals surface area contributed by atoms with Gasteiger partial charge < -0.3 is 0 Å². The van der Waals surface area contributed by atoms with E-state index in [0.29, 0.717) is 5.56 Å². The van der Waals surface area contributed by atoms with Crippen molar-refractivity contribution < 1.29 is 0 Å². The van der Waals surface area contributed by atoms with Gasteiger partial charge in [0, 0.05) is 5.56 Å². The fourth-order valence-electron chi connectivity index (χ4n) is 2.21. The van der Waals surface area contributed by atoms with Crippen molar-refractivity contribution in [3.8, 4) is 28.3 Å². The van der Waals surface area contributed by atoms with Crippen LogP contribution in [0, 0.1) is 17.4 Å². The van der Waals surface area contributed by atoms with Gasteiger partial charge >= 0.3 is 0 Å². The van der Waals surface area contributed by atoms with E-state index in [4.69, 9.17) is 0 Å². The second-order valence-corrected chi connectivity index (χ2v) is 4.50. The molecule has 0 bridgehead atoms. The number of hydrogen-bond acceptors (Lipinski definition) is 1. The third kappa shape index (κ3) is 2.32. The summed E-state index contributed by atoms with van der Waals surface area (Å²) in [6.07, 6.45) is 0. The monoisotopic (exact) mass is 254 g/mol. The summed E-state index contributed by atoms with van der Waals surface area (Å²) in [6.45, 7) is 0. The minimum Gasteiger partial charge on any atom is -0.192 e. The van der Waals surface area contributed by atoms with Crippen LogP contribution in [0.25, 0.3) is 22.3 Å². The first-order valence-corrected chi connectivity index (χ1v) is 6.46. The largest absolute Gasteiger partial charge is 0.192 e. The lowest BCUT2D eigenvalue weighted by Gasteiger charge is -2.07. The molecule has 1 heteroatoms. The van der Waals surface area contributed by atoms with Gasteiger partial charge in [0.25, 0.3) is 0 Å². The second kappa shape index (κ2) is 5.42. The van der Waals surface area contributed by atoms with Crippen LogP contribution in [0.3, 0.4) is 0 Å². The Bertz CT molecular complexity index is 753. The minimum atomic E-state index is 0.649. The van der Waals surface area contributed by atoms with Gasteiger partial charge in [0.2, 0.25) is 0 Å². The summed E-state index contributed by atoms with van der Waals surface area (Å²) in [7, 11) is 0.